The van der Waals surface area contributed by atoms with E-state index in [1.165, 1.54) is 0 Å². The fraction of sp³-hybridized carbons (Fsp3) is 0.438. The van der Waals surface area contributed by atoms with Crippen LogP contribution in [0.1, 0.15) is 23.7 Å². The molecule has 1 unspecified atom stereocenters. The molecule has 1 aliphatic heterocycles. The number of imidazole rings is 1. The monoisotopic (exact) mass is 354 g/mol. The second kappa shape index (κ2) is 6.37. The number of fused-ring (bicyclic) bond motifs is 1. The first-order valence-electron chi connectivity index (χ1n) is 8.49. The Kier molecular flexibility index (Phi) is 4.03. The number of likely N-dealkylation sites (tertiary alicyclic amines) is 1. The zero-order valence-corrected chi connectivity index (χ0v) is 14.8. The number of rotatable bonds is 4. The predicted octanol–water partition coefficient (Wildman–Crippen LogP) is 0.363. The largest absolute Gasteiger partial charge is 0.382 e. The Morgan fingerprint density at radius 1 is 1.19 bits per heavy atom. The van der Waals surface area contributed by atoms with Crippen molar-refractivity contribution < 1.29 is 0 Å². The average molecular weight is 354 g/mol. The Morgan fingerprint density at radius 3 is 2.69 bits per heavy atom. The topological polar surface area (TPSA) is 139 Å². The van der Waals surface area contributed by atoms with Crippen LogP contribution in [-0.2, 0) is 6.54 Å². The van der Waals surface area contributed by atoms with Crippen LogP contribution < -0.4 is 16.4 Å². The highest BCUT2D eigenvalue weighted by atomic mass is 15.2. The molecule has 1 atom stereocenters. The maximum absolute atomic E-state index is 5.90. The number of hydrogen-bond acceptors (Lipinski definition) is 9. The Bertz CT molecular complexity index is 917. The molecule has 4 heterocycles. The molecule has 3 aromatic rings. The summed E-state index contributed by atoms with van der Waals surface area (Å²) in [4.78, 5) is 29.0. The van der Waals surface area contributed by atoms with Crippen molar-refractivity contribution in [1.29, 1.82) is 0 Å². The summed E-state index contributed by atoms with van der Waals surface area (Å²) >= 11 is 0. The highest BCUT2D eigenvalue weighted by molar-refractivity contribution is 5.82. The maximum Gasteiger partial charge on any atom is 0.224 e. The number of anilines is 3. The van der Waals surface area contributed by atoms with Gasteiger partial charge in [0.25, 0.3) is 0 Å². The van der Waals surface area contributed by atoms with Crippen molar-refractivity contribution in [1.82, 2.24) is 34.8 Å². The standard InChI is InChI=1S/C16H22N10/c1-25(2)16-19-5-9(6-20-16)7-26-4-3-10(8-26)13-21-11-12(17)22-15(18)24-14(11)23-13/h5-6,10H,3-4,7-8H2,1-2H3,(H5,17,18,21,22,23,24). The van der Waals surface area contributed by atoms with Crippen molar-refractivity contribution in [2.24, 2.45) is 0 Å². The van der Waals surface area contributed by atoms with Crippen LogP contribution in [0.25, 0.3) is 11.2 Å². The van der Waals surface area contributed by atoms with E-state index in [2.05, 4.69) is 34.8 Å². The predicted molar refractivity (Wildman–Crippen MR) is 99.5 cm³/mol. The molecule has 1 saturated heterocycles. The van der Waals surface area contributed by atoms with E-state index >= 15 is 0 Å². The summed E-state index contributed by atoms with van der Waals surface area (Å²) in [6.45, 7) is 2.71. The van der Waals surface area contributed by atoms with Crippen LogP contribution in [0.5, 0.6) is 0 Å². The lowest BCUT2D eigenvalue weighted by molar-refractivity contribution is 0.325. The van der Waals surface area contributed by atoms with Crippen LogP contribution in [-0.4, -0.2) is 62.0 Å². The van der Waals surface area contributed by atoms with Crippen LogP contribution in [0.15, 0.2) is 12.4 Å². The van der Waals surface area contributed by atoms with Gasteiger partial charge in [0.15, 0.2) is 11.5 Å². The number of nitrogens with zero attached hydrogens (tertiary/aromatic N) is 7. The molecule has 3 aromatic heterocycles. The highest BCUT2D eigenvalue weighted by Gasteiger charge is 2.27. The van der Waals surface area contributed by atoms with Gasteiger partial charge in [-0.15, -0.1) is 0 Å². The van der Waals surface area contributed by atoms with Gasteiger partial charge in [-0.25, -0.2) is 15.0 Å². The van der Waals surface area contributed by atoms with Gasteiger partial charge in [0, 0.05) is 51.1 Å². The second-order valence-corrected chi connectivity index (χ2v) is 6.79. The van der Waals surface area contributed by atoms with Gasteiger partial charge in [-0.2, -0.15) is 9.97 Å². The third-order valence-corrected chi connectivity index (χ3v) is 4.57. The van der Waals surface area contributed by atoms with Crippen LogP contribution in [0, 0.1) is 0 Å². The fourth-order valence-corrected chi connectivity index (χ4v) is 3.27. The van der Waals surface area contributed by atoms with Crippen molar-refractivity contribution in [3.05, 3.63) is 23.8 Å². The summed E-state index contributed by atoms with van der Waals surface area (Å²) in [6.07, 6.45) is 4.78. The lowest BCUT2D eigenvalue weighted by atomic mass is 10.1. The first-order chi connectivity index (χ1) is 12.5. The molecule has 1 aliphatic rings. The summed E-state index contributed by atoms with van der Waals surface area (Å²) in [6, 6.07) is 0. The quantitative estimate of drug-likeness (QED) is 0.606. The van der Waals surface area contributed by atoms with E-state index in [1.807, 2.05) is 31.4 Å². The van der Waals surface area contributed by atoms with Crippen molar-refractivity contribution >= 4 is 28.9 Å². The molecule has 0 amide bonds. The highest BCUT2D eigenvalue weighted by Crippen LogP contribution is 2.28. The second-order valence-electron chi connectivity index (χ2n) is 6.79. The third-order valence-electron chi connectivity index (χ3n) is 4.57. The average Bonchev–Trinajstić information content (AvgIpc) is 3.22. The molecule has 0 aromatic carbocycles. The summed E-state index contributed by atoms with van der Waals surface area (Å²) < 4.78 is 0. The van der Waals surface area contributed by atoms with Crippen molar-refractivity contribution in [2.75, 3.05) is 43.6 Å². The van der Waals surface area contributed by atoms with Crippen LogP contribution >= 0.6 is 0 Å². The van der Waals surface area contributed by atoms with Crippen molar-refractivity contribution in [3.63, 3.8) is 0 Å². The molecule has 4 rings (SSSR count). The van der Waals surface area contributed by atoms with E-state index in [-0.39, 0.29) is 5.95 Å². The van der Waals surface area contributed by atoms with E-state index in [0.29, 0.717) is 28.8 Å². The van der Waals surface area contributed by atoms with Gasteiger partial charge in [-0.05, 0) is 13.0 Å². The first-order valence-corrected chi connectivity index (χ1v) is 8.49. The van der Waals surface area contributed by atoms with Gasteiger partial charge >= 0.3 is 0 Å². The molecule has 0 spiro atoms. The Labute approximate surface area is 150 Å². The maximum atomic E-state index is 5.90. The van der Waals surface area contributed by atoms with Gasteiger partial charge < -0.3 is 21.4 Å². The Hall–Kier alpha value is -3.01. The van der Waals surface area contributed by atoms with Gasteiger partial charge in [-0.3, -0.25) is 4.90 Å². The SMILES string of the molecule is CN(C)c1ncc(CN2CCC(c3nc4nc(N)nc(N)c4[nH]3)C2)cn1. The molecule has 0 radical (unpaired) electrons. The van der Waals surface area contributed by atoms with Crippen molar-refractivity contribution in [3.8, 4) is 0 Å². The molecule has 10 nitrogen and oxygen atoms in total. The first kappa shape index (κ1) is 16.5. The number of aromatic amines is 1. The lowest BCUT2D eigenvalue weighted by Gasteiger charge is -2.16. The van der Waals surface area contributed by atoms with Crippen LogP contribution in [0.2, 0.25) is 0 Å². The Morgan fingerprint density at radius 2 is 1.96 bits per heavy atom. The number of nitrogens with one attached hydrogen (secondary N) is 1. The normalized spacial score (nSPS) is 17.8. The molecular formula is C16H22N10. The van der Waals surface area contributed by atoms with E-state index in [1.54, 1.807) is 0 Å². The fourth-order valence-electron chi connectivity index (χ4n) is 3.27. The molecule has 5 N–H and O–H groups in total. The van der Waals surface area contributed by atoms with Gasteiger partial charge in [0.05, 0.1) is 0 Å². The van der Waals surface area contributed by atoms with Crippen molar-refractivity contribution in [2.45, 2.75) is 18.9 Å². The molecule has 26 heavy (non-hydrogen) atoms. The molecule has 1 fully saturated rings. The number of H-pyrrole nitrogens is 1. The Balaban J connectivity index is 1.46. The molecule has 0 saturated carbocycles. The van der Waals surface area contributed by atoms with E-state index < -0.39 is 0 Å². The van der Waals surface area contributed by atoms with Gasteiger partial charge in [0.2, 0.25) is 11.9 Å². The minimum atomic E-state index is 0.141. The minimum Gasteiger partial charge on any atom is -0.382 e. The smallest absolute Gasteiger partial charge is 0.224 e. The number of nitrogen functional groups attached to an aromatic ring is 2. The summed E-state index contributed by atoms with van der Waals surface area (Å²) in [5.41, 5.74) is 13.8. The number of hydrogen-bond donors (Lipinski definition) is 3. The van der Waals surface area contributed by atoms with E-state index in [4.69, 9.17) is 11.5 Å². The third kappa shape index (κ3) is 3.10. The summed E-state index contributed by atoms with van der Waals surface area (Å²) in [7, 11) is 3.86. The summed E-state index contributed by atoms with van der Waals surface area (Å²) in [5.74, 6) is 2.37. The molecule has 0 aliphatic carbocycles. The molecule has 10 heteroatoms. The number of aromatic nitrogens is 6. The van der Waals surface area contributed by atoms with Gasteiger partial charge in [0.1, 0.15) is 11.3 Å². The zero-order valence-electron chi connectivity index (χ0n) is 14.8. The van der Waals surface area contributed by atoms with Crippen LogP contribution in [0.3, 0.4) is 0 Å². The van der Waals surface area contributed by atoms with E-state index in [0.717, 1.165) is 37.4 Å². The lowest BCUT2D eigenvalue weighted by Crippen LogP contribution is -2.20. The number of nitrogens with two attached hydrogens (primary N) is 2. The molecular weight excluding hydrogens is 332 g/mol. The van der Waals surface area contributed by atoms with Crippen LogP contribution in [0.4, 0.5) is 17.7 Å². The van der Waals surface area contributed by atoms with Gasteiger partial charge in [-0.1, -0.05) is 0 Å². The zero-order chi connectivity index (χ0) is 18.3. The minimum absolute atomic E-state index is 0.141. The molecule has 136 valence electrons. The molecule has 0 bridgehead atoms. The summed E-state index contributed by atoms with van der Waals surface area (Å²) in [5, 5.41) is 0. The van der Waals surface area contributed by atoms with E-state index in [9.17, 15) is 0 Å².